The molecular weight excluding hydrogens is 448 g/mol. The van der Waals surface area contributed by atoms with Gasteiger partial charge in [-0.2, -0.15) is 0 Å². The number of hydrogen-bond acceptors (Lipinski definition) is 3. The number of halogens is 1. The predicted molar refractivity (Wildman–Crippen MR) is 103 cm³/mol. The zero-order valence-corrected chi connectivity index (χ0v) is 17.0. The number of carbonyl (C=O) groups is 1. The molecule has 4 rings (SSSR count). The largest absolute Gasteiger partial charge is 3.00 e. The second-order valence-corrected chi connectivity index (χ2v) is 6.42. The van der Waals surface area contributed by atoms with Crippen LogP contribution in [-0.2, 0) is 28.4 Å². The summed E-state index contributed by atoms with van der Waals surface area (Å²) in [4.78, 5) is 11.8. The first-order chi connectivity index (χ1) is 12.7. The van der Waals surface area contributed by atoms with Crippen LogP contribution in [0.1, 0.15) is 5.76 Å². The molecule has 2 aromatic rings. The molecule has 2 aliphatic carbocycles. The van der Waals surface area contributed by atoms with Crippen molar-refractivity contribution in [3.8, 4) is 11.3 Å². The van der Waals surface area contributed by atoms with Crippen LogP contribution in [-0.4, -0.2) is 11.1 Å². The van der Waals surface area contributed by atoms with Crippen molar-refractivity contribution in [3.05, 3.63) is 104 Å². The number of hydrogen-bond donors (Lipinski definition) is 1. The number of aromatic nitrogens is 1. The normalized spacial score (nSPS) is 16.3. The van der Waals surface area contributed by atoms with E-state index in [2.05, 4.69) is 26.4 Å². The molecule has 0 unspecified atom stereocenters. The second kappa shape index (κ2) is 11.7. The van der Waals surface area contributed by atoms with E-state index in [1.165, 1.54) is 0 Å². The second-order valence-electron chi connectivity index (χ2n) is 5.50. The van der Waals surface area contributed by atoms with Gasteiger partial charge in [-0.15, -0.1) is 0 Å². The van der Waals surface area contributed by atoms with Gasteiger partial charge in [0, 0.05) is 16.1 Å². The topological polar surface area (TPSA) is 55.1 Å². The molecular formula is C21H17BrFeN2O2+3. The Morgan fingerprint density at radius 1 is 0.963 bits per heavy atom. The van der Waals surface area contributed by atoms with E-state index in [4.69, 9.17) is 4.52 Å². The molecule has 0 bridgehead atoms. The molecule has 4 nitrogen and oxygen atoms in total. The molecule has 135 valence electrons. The third-order valence-electron chi connectivity index (χ3n) is 3.60. The van der Waals surface area contributed by atoms with Crippen LogP contribution >= 0.6 is 15.9 Å². The molecule has 0 aliphatic heterocycles. The summed E-state index contributed by atoms with van der Waals surface area (Å²) in [5.41, 5.74) is 1.72. The molecule has 27 heavy (non-hydrogen) atoms. The molecule has 1 heterocycles. The monoisotopic (exact) mass is 464 g/mol. The van der Waals surface area contributed by atoms with Gasteiger partial charge in [-0.3, -0.25) is 4.79 Å². The van der Waals surface area contributed by atoms with Gasteiger partial charge in [0.05, 0.1) is 12.5 Å². The fourth-order valence-electron chi connectivity index (χ4n) is 2.27. The van der Waals surface area contributed by atoms with Gasteiger partial charge in [0.25, 0.3) is 0 Å². The molecule has 1 amide bonds. The van der Waals surface area contributed by atoms with Gasteiger partial charge in [-0.25, -0.2) is 0 Å². The van der Waals surface area contributed by atoms with Crippen LogP contribution in [0.25, 0.3) is 11.3 Å². The van der Waals surface area contributed by atoms with Gasteiger partial charge in [0.2, 0.25) is 5.91 Å². The standard InChI is InChI=1S/C16H12BrN2O2.C5H5.Fe/c17-13-7-5-11(6-8-13)15-9-14(21-19-15)10-18-16(20)12-3-1-2-4-12;1-2-4-5-3-1;/h1-9H,10H2,(H,18,20);1-5H;/q;;+3. The summed E-state index contributed by atoms with van der Waals surface area (Å²) in [5.74, 6) is 1.14. The van der Waals surface area contributed by atoms with E-state index >= 15 is 0 Å². The van der Waals surface area contributed by atoms with Crippen molar-refractivity contribution in [2.45, 2.75) is 6.54 Å². The van der Waals surface area contributed by atoms with Crippen molar-refractivity contribution >= 4 is 21.8 Å². The fourth-order valence-corrected chi connectivity index (χ4v) is 2.53. The minimum atomic E-state index is -0.124. The Kier molecular flexibility index (Phi) is 9.60. The Balaban J connectivity index is 0.000000379. The van der Waals surface area contributed by atoms with E-state index in [1.807, 2.05) is 75.3 Å². The van der Waals surface area contributed by atoms with E-state index in [0.717, 1.165) is 15.7 Å². The molecule has 1 N–H and O–H groups in total. The summed E-state index contributed by atoms with van der Waals surface area (Å²) in [7, 11) is 0. The quantitative estimate of drug-likeness (QED) is 0.691. The van der Waals surface area contributed by atoms with E-state index in [1.54, 1.807) is 12.8 Å². The van der Waals surface area contributed by atoms with E-state index in [0.29, 0.717) is 18.2 Å². The third-order valence-corrected chi connectivity index (χ3v) is 4.13. The molecule has 11 radical (unpaired) electrons. The van der Waals surface area contributed by atoms with Crippen molar-refractivity contribution in [1.29, 1.82) is 0 Å². The maximum Gasteiger partial charge on any atom is 3.00 e. The van der Waals surface area contributed by atoms with Gasteiger partial charge < -0.3 is 9.84 Å². The maximum absolute atomic E-state index is 11.8. The Morgan fingerprint density at radius 3 is 2.15 bits per heavy atom. The first kappa shape index (κ1) is 22.2. The number of nitrogens with zero attached hydrogens (tertiary/aromatic N) is 1. The fraction of sp³-hybridized carbons (Fsp3) is 0.0476. The van der Waals surface area contributed by atoms with Gasteiger partial charge >= 0.3 is 17.1 Å². The predicted octanol–water partition coefficient (Wildman–Crippen LogP) is 4.14. The average Bonchev–Trinajstić information content (AvgIpc) is 3.45. The van der Waals surface area contributed by atoms with Crippen LogP contribution in [0, 0.1) is 63.7 Å². The molecule has 0 saturated heterocycles. The van der Waals surface area contributed by atoms with Crippen LogP contribution in [0.2, 0.25) is 0 Å². The first-order valence-electron chi connectivity index (χ1n) is 8.10. The first-order valence-corrected chi connectivity index (χ1v) is 8.90. The molecule has 6 heteroatoms. The van der Waals surface area contributed by atoms with E-state index in [9.17, 15) is 4.79 Å². The SMILES string of the molecule is O=C(NCc1cc(-c2ccc(Br)cc2)no1)[C]1[CH][CH][CH][CH]1.[CH]1[CH][CH][CH][CH]1.[Fe+3]. The van der Waals surface area contributed by atoms with Gasteiger partial charge in [-0.1, -0.05) is 33.2 Å². The van der Waals surface area contributed by atoms with Gasteiger partial charge in [0.1, 0.15) is 5.69 Å². The zero-order valence-electron chi connectivity index (χ0n) is 14.3. The van der Waals surface area contributed by atoms with Crippen molar-refractivity contribution in [1.82, 2.24) is 10.5 Å². The molecule has 2 aliphatic rings. The van der Waals surface area contributed by atoms with Gasteiger partial charge in [-0.05, 0) is 69.9 Å². The smallest absolute Gasteiger partial charge is 0.359 e. The summed E-state index contributed by atoms with van der Waals surface area (Å²) in [6.45, 7) is 0.313. The minimum Gasteiger partial charge on any atom is -0.359 e. The summed E-state index contributed by atoms with van der Waals surface area (Å²) < 4.78 is 6.25. The molecule has 2 fully saturated rings. The van der Waals surface area contributed by atoms with Crippen LogP contribution in [0.4, 0.5) is 0 Å². The molecule has 0 atom stereocenters. The number of benzene rings is 1. The Labute approximate surface area is 180 Å². The van der Waals surface area contributed by atoms with Crippen molar-refractivity contribution < 1.29 is 26.4 Å². The Bertz CT molecular complexity index is 685. The van der Waals surface area contributed by atoms with Crippen LogP contribution in [0.3, 0.4) is 0 Å². The summed E-state index contributed by atoms with van der Waals surface area (Å²) >= 11 is 3.39. The summed E-state index contributed by atoms with van der Waals surface area (Å²) in [5, 5.41) is 6.81. The number of carbonyl (C=O) groups excluding carboxylic acids is 1. The van der Waals surface area contributed by atoms with Crippen LogP contribution < -0.4 is 5.32 Å². The number of nitrogens with one attached hydrogen (secondary N) is 1. The third kappa shape index (κ3) is 7.09. The Hall–Kier alpha value is -1.10. The molecule has 1 aromatic carbocycles. The van der Waals surface area contributed by atoms with E-state index < -0.39 is 0 Å². The molecule has 0 spiro atoms. The van der Waals surface area contributed by atoms with Crippen molar-refractivity contribution in [2.75, 3.05) is 0 Å². The molecule has 2 saturated carbocycles. The number of rotatable bonds is 4. The van der Waals surface area contributed by atoms with E-state index in [-0.39, 0.29) is 23.0 Å². The van der Waals surface area contributed by atoms with Gasteiger partial charge in [0.15, 0.2) is 5.76 Å². The summed E-state index contributed by atoms with van der Waals surface area (Å²) in [6.07, 6.45) is 17.2. The van der Waals surface area contributed by atoms with Crippen LogP contribution in [0.5, 0.6) is 0 Å². The van der Waals surface area contributed by atoms with Crippen molar-refractivity contribution in [2.24, 2.45) is 0 Å². The maximum atomic E-state index is 11.8. The molecule has 1 aromatic heterocycles. The zero-order chi connectivity index (χ0) is 18.2. The van der Waals surface area contributed by atoms with Crippen molar-refractivity contribution in [3.63, 3.8) is 0 Å². The Morgan fingerprint density at radius 2 is 1.56 bits per heavy atom. The average molecular weight is 465 g/mol. The van der Waals surface area contributed by atoms with Crippen LogP contribution in [0.15, 0.2) is 39.3 Å². The summed E-state index contributed by atoms with van der Waals surface area (Å²) in [6, 6.07) is 9.62. The number of amides is 1. The minimum absolute atomic E-state index is 0.